The Balaban J connectivity index is 1.52. The number of fused-ring (bicyclic) bond motifs is 1. The van der Waals surface area contributed by atoms with Crippen LogP contribution in [0.15, 0.2) is 47.4 Å². The Morgan fingerprint density at radius 2 is 1.84 bits per heavy atom. The van der Waals surface area contributed by atoms with E-state index in [1.807, 2.05) is 6.07 Å². The second kappa shape index (κ2) is 14.4. The molecule has 0 atom stereocenters. The molecule has 0 saturated carbocycles. The Morgan fingerprint density at radius 3 is 2.51 bits per heavy atom. The number of piperidine rings is 1. The molecular weight excluding hydrogens is 581 g/mol. The number of nitrogens with zero attached hydrogens (tertiary/aromatic N) is 2. The van der Waals surface area contributed by atoms with Gasteiger partial charge in [-0.2, -0.15) is 13.2 Å². The third kappa shape index (κ3) is 8.59. The lowest BCUT2D eigenvalue weighted by molar-refractivity contribution is -0.140. The van der Waals surface area contributed by atoms with Crippen molar-refractivity contribution in [3.8, 4) is 17.6 Å². The number of ether oxygens (including phenoxy) is 2. The maximum atomic E-state index is 13.6. The third-order valence-corrected chi connectivity index (χ3v) is 9.28. The third-order valence-electron chi connectivity index (χ3n) is 7.55. The van der Waals surface area contributed by atoms with E-state index in [1.54, 1.807) is 38.3 Å². The first-order valence-electron chi connectivity index (χ1n) is 14.3. The van der Waals surface area contributed by atoms with Gasteiger partial charge in [-0.15, -0.1) is 0 Å². The molecule has 2 aromatic carbocycles. The SMILES string of the molecule is CCS(=O)(=O)c1ccc(NCC#Cc2cc3c(NC4CCN(CCCOC)CC4)cccc3n2CC(F)(F)F)c(OC)c1. The summed E-state index contributed by atoms with van der Waals surface area (Å²) in [6.07, 6.45) is -1.55. The second-order valence-electron chi connectivity index (χ2n) is 10.5. The Morgan fingerprint density at radius 1 is 1.07 bits per heavy atom. The summed E-state index contributed by atoms with van der Waals surface area (Å²) >= 11 is 0. The number of halogens is 3. The fourth-order valence-electron chi connectivity index (χ4n) is 5.27. The van der Waals surface area contributed by atoms with Crippen LogP contribution in [-0.4, -0.2) is 82.9 Å². The predicted molar refractivity (Wildman–Crippen MR) is 164 cm³/mol. The minimum absolute atomic E-state index is 0.0356. The molecule has 1 aromatic heterocycles. The molecule has 0 aliphatic carbocycles. The zero-order chi connectivity index (χ0) is 31.0. The average molecular weight is 621 g/mol. The standard InChI is InChI=1S/C31H39F3N4O4S/c1-4-43(39,40)25-11-12-28(30(21-25)42-3)35-15-6-8-24-20-26-27(9-5-10-29(26)38(24)22-31(32,33)34)36-23-13-17-37(18-14-23)16-7-19-41-2/h5,9-12,20-21,23,35-36H,4,7,13-19,22H2,1-3H3. The number of rotatable bonds is 12. The van der Waals surface area contributed by atoms with Crippen LogP contribution in [0.2, 0.25) is 0 Å². The van der Waals surface area contributed by atoms with Crippen molar-refractivity contribution in [2.24, 2.45) is 0 Å². The fraction of sp³-hybridized carbons (Fsp3) is 0.484. The van der Waals surface area contributed by atoms with Gasteiger partial charge in [0.15, 0.2) is 9.84 Å². The fourth-order valence-corrected chi connectivity index (χ4v) is 6.16. The molecule has 4 rings (SSSR count). The lowest BCUT2D eigenvalue weighted by Gasteiger charge is -2.33. The molecule has 1 aliphatic heterocycles. The molecule has 1 aliphatic rings. The molecule has 43 heavy (non-hydrogen) atoms. The van der Waals surface area contributed by atoms with E-state index < -0.39 is 22.6 Å². The monoisotopic (exact) mass is 620 g/mol. The van der Waals surface area contributed by atoms with Crippen molar-refractivity contribution in [2.45, 2.75) is 49.8 Å². The summed E-state index contributed by atoms with van der Waals surface area (Å²) in [5, 5.41) is 7.34. The van der Waals surface area contributed by atoms with E-state index in [9.17, 15) is 21.6 Å². The Labute approximate surface area is 251 Å². The molecule has 0 spiro atoms. The van der Waals surface area contributed by atoms with Gasteiger partial charge in [-0.1, -0.05) is 18.9 Å². The van der Waals surface area contributed by atoms with Gasteiger partial charge in [0.05, 0.1) is 41.2 Å². The highest BCUT2D eigenvalue weighted by molar-refractivity contribution is 7.91. The van der Waals surface area contributed by atoms with Gasteiger partial charge in [-0.3, -0.25) is 0 Å². The summed E-state index contributed by atoms with van der Waals surface area (Å²) in [5.74, 6) is 6.12. The second-order valence-corrected chi connectivity index (χ2v) is 12.8. The molecule has 1 fully saturated rings. The van der Waals surface area contributed by atoms with E-state index in [-0.39, 0.29) is 28.9 Å². The van der Waals surface area contributed by atoms with E-state index in [4.69, 9.17) is 9.47 Å². The molecule has 8 nitrogen and oxygen atoms in total. The number of aromatic nitrogens is 1. The summed E-state index contributed by atoms with van der Waals surface area (Å²) in [7, 11) is -0.268. The smallest absolute Gasteiger partial charge is 0.406 e. The van der Waals surface area contributed by atoms with Crippen LogP contribution in [0.3, 0.4) is 0 Å². The van der Waals surface area contributed by atoms with Crippen molar-refractivity contribution in [1.29, 1.82) is 0 Å². The van der Waals surface area contributed by atoms with E-state index >= 15 is 0 Å². The highest BCUT2D eigenvalue weighted by atomic mass is 32.2. The van der Waals surface area contributed by atoms with Crippen molar-refractivity contribution in [2.75, 3.05) is 63.4 Å². The number of sulfone groups is 1. The minimum Gasteiger partial charge on any atom is -0.495 e. The van der Waals surface area contributed by atoms with E-state index in [0.717, 1.165) is 51.2 Å². The maximum absolute atomic E-state index is 13.6. The molecule has 234 valence electrons. The maximum Gasteiger partial charge on any atom is 0.406 e. The first-order chi connectivity index (χ1) is 20.5. The number of methoxy groups -OCH3 is 2. The molecule has 0 bridgehead atoms. The van der Waals surface area contributed by atoms with Crippen molar-refractivity contribution >= 4 is 32.1 Å². The van der Waals surface area contributed by atoms with Gasteiger partial charge in [0, 0.05) is 56.5 Å². The largest absolute Gasteiger partial charge is 0.495 e. The first kappa shape index (κ1) is 32.5. The van der Waals surface area contributed by atoms with Crippen LogP contribution >= 0.6 is 0 Å². The van der Waals surface area contributed by atoms with E-state index in [2.05, 4.69) is 27.4 Å². The average Bonchev–Trinajstić information content (AvgIpc) is 3.32. The van der Waals surface area contributed by atoms with E-state index in [0.29, 0.717) is 22.3 Å². The van der Waals surface area contributed by atoms with Crippen LogP contribution in [0, 0.1) is 11.8 Å². The first-order valence-corrected chi connectivity index (χ1v) is 16.0. The molecule has 0 unspecified atom stereocenters. The van der Waals surface area contributed by atoms with Gasteiger partial charge >= 0.3 is 6.18 Å². The Hall–Kier alpha value is -3.40. The summed E-state index contributed by atoms with van der Waals surface area (Å²) in [4.78, 5) is 2.56. The topological polar surface area (TPSA) is 84.8 Å². The number of hydrogen-bond acceptors (Lipinski definition) is 7. The zero-order valence-corrected chi connectivity index (χ0v) is 25.6. The van der Waals surface area contributed by atoms with Crippen LogP contribution in [-0.2, 0) is 21.1 Å². The van der Waals surface area contributed by atoms with Crippen LogP contribution < -0.4 is 15.4 Å². The highest BCUT2D eigenvalue weighted by Gasteiger charge is 2.30. The molecule has 0 radical (unpaired) electrons. The van der Waals surface area contributed by atoms with Crippen LogP contribution in [0.5, 0.6) is 5.75 Å². The number of anilines is 2. The van der Waals surface area contributed by atoms with Gasteiger partial charge in [-0.25, -0.2) is 8.42 Å². The van der Waals surface area contributed by atoms with Gasteiger partial charge in [-0.05, 0) is 55.5 Å². The number of alkyl halides is 3. The van der Waals surface area contributed by atoms with E-state index in [1.165, 1.54) is 23.8 Å². The van der Waals surface area contributed by atoms with Gasteiger partial charge in [0.25, 0.3) is 0 Å². The quantitative estimate of drug-likeness (QED) is 0.208. The molecule has 2 N–H and O–H groups in total. The summed E-state index contributed by atoms with van der Waals surface area (Å²) in [6, 6.07) is 11.8. The normalized spacial score (nSPS) is 14.8. The molecule has 1 saturated heterocycles. The molecule has 12 heteroatoms. The van der Waals surface area contributed by atoms with Crippen LogP contribution in [0.25, 0.3) is 10.9 Å². The molecule has 0 amide bonds. The number of benzene rings is 2. The number of nitrogens with one attached hydrogen (secondary N) is 2. The van der Waals surface area contributed by atoms with Crippen molar-refractivity contribution in [1.82, 2.24) is 9.47 Å². The molecule has 2 heterocycles. The summed E-state index contributed by atoms with van der Waals surface area (Å²) in [5.41, 5.74) is 2.04. The van der Waals surface area contributed by atoms with Crippen LogP contribution in [0.1, 0.15) is 31.9 Å². The van der Waals surface area contributed by atoms with Gasteiger partial charge < -0.3 is 29.6 Å². The van der Waals surface area contributed by atoms with Crippen molar-refractivity contribution in [3.63, 3.8) is 0 Å². The Bertz CT molecular complexity index is 1550. The van der Waals surface area contributed by atoms with Crippen LogP contribution in [0.4, 0.5) is 24.5 Å². The van der Waals surface area contributed by atoms with Crippen molar-refractivity contribution < 1.29 is 31.1 Å². The zero-order valence-electron chi connectivity index (χ0n) is 24.8. The lowest BCUT2D eigenvalue weighted by atomic mass is 10.0. The van der Waals surface area contributed by atoms with Crippen molar-refractivity contribution in [3.05, 3.63) is 48.2 Å². The van der Waals surface area contributed by atoms with Gasteiger partial charge in [0.2, 0.25) is 0 Å². The molecule has 3 aromatic rings. The number of likely N-dealkylation sites (tertiary alicyclic amines) is 1. The predicted octanol–water partition coefficient (Wildman–Crippen LogP) is 5.38. The summed E-state index contributed by atoms with van der Waals surface area (Å²) < 4.78 is 76.9. The van der Waals surface area contributed by atoms with Gasteiger partial charge in [0.1, 0.15) is 12.3 Å². The Kier molecular flexibility index (Phi) is 10.9. The molecular formula is C31H39F3N4O4S. The summed E-state index contributed by atoms with van der Waals surface area (Å²) in [6.45, 7) is 4.16. The number of hydrogen-bond donors (Lipinski definition) is 2. The highest BCUT2D eigenvalue weighted by Crippen LogP contribution is 2.32. The minimum atomic E-state index is -4.42. The lowest BCUT2D eigenvalue weighted by Crippen LogP contribution is -2.39.